The van der Waals surface area contributed by atoms with Gasteiger partial charge in [0.2, 0.25) is 0 Å². The Bertz CT molecular complexity index is 528. The molecule has 18 heavy (non-hydrogen) atoms. The number of rotatable bonds is 4. The fourth-order valence-electron chi connectivity index (χ4n) is 1.74. The first-order valence-corrected chi connectivity index (χ1v) is 5.94. The highest BCUT2D eigenvalue weighted by molar-refractivity contribution is 5.88. The summed E-state index contributed by atoms with van der Waals surface area (Å²) in [6, 6.07) is 5.19. The molecule has 2 amide bonds. The monoisotopic (exact) mass is 246 g/mol. The van der Waals surface area contributed by atoms with E-state index in [0.29, 0.717) is 24.0 Å². The summed E-state index contributed by atoms with van der Waals surface area (Å²) in [6.45, 7) is 0.364. The normalized spacial score (nSPS) is 14.4. The number of amides is 2. The zero-order valence-corrected chi connectivity index (χ0v) is 9.77. The number of urea groups is 1. The summed E-state index contributed by atoms with van der Waals surface area (Å²) in [5, 5.41) is 12.4. The molecule has 94 valence electrons. The van der Waals surface area contributed by atoms with Gasteiger partial charge in [-0.1, -0.05) is 0 Å². The summed E-state index contributed by atoms with van der Waals surface area (Å²) in [4.78, 5) is 11.6. The summed E-state index contributed by atoms with van der Waals surface area (Å²) in [5.41, 5.74) is 1.02. The van der Waals surface area contributed by atoms with E-state index in [4.69, 9.17) is 4.42 Å². The summed E-state index contributed by atoms with van der Waals surface area (Å²) >= 11 is 0. The number of hydrogen-bond donors (Lipinski definition) is 3. The Morgan fingerprint density at radius 1 is 1.56 bits per heavy atom. The van der Waals surface area contributed by atoms with E-state index in [1.54, 1.807) is 12.3 Å². The Morgan fingerprint density at radius 2 is 2.44 bits per heavy atom. The predicted molar refractivity (Wildman–Crippen MR) is 65.1 cm³/mol. The van der Waals surface area contributed by atoms with Crippen molar-refractivity contribution in [3.8, 4) is 0 Å². The van der Waals surface area contributed by atoms with Gasteiger partial charge in [0.1, 0.15) is 11.6 Å². The molecule has 1 aliphatic rings. The fraction of sp³-hybridized carbons (Fsp3) is 0.333. The van der Waals surface area contributed by atoms with Gasteiger partial charge >= 0.3 is 6.03 Å². The molecule has 0 radical (unpaired) electrons. The van der Waals surface area contributed by atoms with Gasteiger partial charge in [-0.3, -0.25) is 10.4 Å². The van der Waals surface area contributed by atoms with Crippen LogP contribution in [0.15, 0.2) is 28.9 Å². The van der Waals surface area contributed by atoms with Gasteiger partial charge in [0.05, 0.1) is 18.5 Å². The van der Waals surface area contributed by atoms with E-state index in [1.807, 2.05) is 12.1 Å². The van der Waals surface area contributed by atoms with Gasteiger partial charge in [-0.05, 0) is 25.0 Å². The van der Waals surface area contributed by atoms with Crippen LogP contribution in [0.4, 0.5) is 10.6 Å². The Morgan fingerprint density at radius 3 is 3.17 bits per heavy atom. The Balaban J connectivity index is 1.50. The van der Waals surface area contributed by atoms with Crippen molar-refractivity contribution < 1.29 is 9.21 Å². The van der Waals surface area contributed by atoms with Crippen molar-refractivity contribution >= 4 is 11.8 Å². The van der Waals surface area contributed by atoms with Gasteiger partial charge in [-0.2, -0.15) is 5.10 Å². The molecule has 1 aliphatic carbocycles. The first-order chi connectivity index (χ1) is 8.81. The van der Waals surface area contributed by atoms with Crippen LogP contribution in [0, 0.1) is 0 Å². The topological polar surface area (TPSA) is 82.9 Å². The maximum Gasteiger partial charge on any atom is 0.320 e. The third kappa shape index (κ3) is 2.53. The van der Waals surface area contributed by atoms with E-state index in [0.717, 1.165) is 5.69 Å². The standard InChI is InChI=1S/C12H14N4O2/c17-12(13-7-9-2-1-5-18-9)14-11-6-10(15-16-11)8-3-4-8/h1-2,5-6,8H,3-4,7H2,(H3,13,14,15,16,17). The molecule has 0 saturated heterocycles. The minimum absolute atomic E-state index is 0.280. The van der Waals surface area contributed by atoms with Crippen LogP contribution in [0.25, 0.3) is 0 Å². The van der Waals surface area contributed by atoms with Crippen LogP contribution in [0.5, 0.6) is 0 Å². The van der Waals surface area contributed by atoms with E-state index >= 15 is 0 Å². The molecule has 3 N–H and O–H groups in total. The van der Waals surface area contributed by atoms with E-state index in [9.17, 15) is 4.79 Å². The van der Waals surface area contributed by atoms with E-state index in [1.165, 1.54) is 12.8 Å². The van der Waals surface area contributed by atoms with Crippen LogP contribution < -0.4 is 10.6 Å². The van der Waals surface area contributed by atoms with Crippen molar-refractivity contribution in [3.63, 3.8) is 0 Å². The third-order valence-electron chi connectivity index (χ3n) is 2.84. The second-order valence-corrected chi connectivity index (χ2v) is 4.37. The number of anilines is 1. The number of nitrogens with one attached hydrogen (secondary N) is 3. The highest BCUT2D eigenvalue weighted by atomic mass is 16.3. The summed E-state index contributed by atoms with van der Waals surface area (Å²) < 4.78 is 5.12. The van der Waals surface area contributed by atoms with Gasteiger partial charge < -0.3 is 9.73 Å². The lowest BCUT2D eigenvalue weighted by atomic mass is 10.3. The summed E-state index contributed by atoms with van der Waals surface area (Å²) in [5.74, 6) is 1.91. The second kappa shape index (κ2) is 4.56. The minimum Gasteiger partial charge on any atom is -0.467 e. The average molecular weight is 246 g/mol. The second-order valence-electron chi connectivity index (χ2n) is 4.37. The van der Waals surface area contributed by atoms with Gasteiger partial charge in [0, 0.05) is 12.0 Å². The molecule has 6 nitrogen and oxygen atoms in total. The van der Waals surface area contributed by atoms with Crippen LogP contribution in [0.2, 0.25) is 0 Å². The van der Waals surface area contributed by atoms with E-state index < -0.39 is 0 Å². The molecule has 1 saturated carbocycles. The highest BCUT2D eigenvalue weighted by Gasteiger charge is 2.26. The maximum atomic E-state index is 11.6. The first kappa shape index (κ1) is 10.9. The number of aromatic amines is 1. The smallest absolute Gasteiger partial charge is 0.320 e. The molecule has 0 aliphatic heterocycles. The molecule has 0 bridgehead atoms. The molecule has 3 rings (SSSR count). The highest BCUT2D eigenvalue weighted by Crippen LogP contribution is 2.39. The van der Waals surface area contributed by atoms with Gasteiger partial charge in [-0.15, -0.1) is 0 Å². The zero-order chi connectivity index (χ0) is 12.4. The lowest BCUT2D eigenvalue weighted by molar-refractivity contribution is 0.250. The lowest BCUT2D eigenvalue weighted by Crippen LogP contribution is -2.28. The zero-order valence-electron chi connectivity index (χ0n) is 9.77. The van der Waals surface area contributed by atoms with Crippen molar-refractivity contribution in [1.82, 2.24) is 15.5 Å². The Labute approximate surface area is 104 Å². The maximum absolute atomic E-state index is 11.6. The molecular weight excluding hydrogens is 232 g/mol. The SMILES string of the molecule is O=C(NCc1ccco1)Nc1cc(C2CC2)n[nH]1. The molecule has 2 aromatic heterocycles. The van der Waals surface area contributed by atoms with Crippen LogP contribution in [0.3, 0.4) is 0 Å². The molecule has 0 aromatic carbocycles. The summed E-state index contributed by atoms with van der Waals surface area (Å²) in [7, 11) is 0. The van der Waals surface area contributed by atoms with E-state index in [-0.39, 0.29) is 6.03 Å². The number of nitrogens with zero attached hydrogens (tertiary/aromatic N) is 1. The van der Waals surface area contributed by atoms with Gasteiger partial charge in [0.15, 0.2) is 0 Å². The first-order valence-electron chi connectivity index (χ1n) is 5.94. The van der Waals surface area contributed by atoms with Crippen molar-refractivity contribution in [2.75, 3.05) is 5.32 Å². The Hall–Kier alpha value is -2.24. The van der Waals surface area contributed by atoms with Crippen molar-refractivity contribution in [2.24, 2.45) is 0 Å². The quantitative estimate of drug-likeness (QED) is 0.773. The average Bonchev–Trinajstić information content (AvgIpc) is 2.90. The van der Waals surface area contributed by atoms with Crippen molar-refractivity contribution in [3.05, 3.63) is 35.9 Å². The van der Waals surface area contributed by atoms with Crippen molar-refractivity contribution in [1.29, 1.82) is 0 Å². The number of H-pyrrole nitrogens is 1. The molecule has 2 aromatic rings. The predicted octanol–water partition coefficient (Wildman–Crippen LogP) is 2.20. The Kier molecular flexibility index (Phi) is 2.76. The fourth-order valence-corrected chi connectivity index (χ4v) is 1.74. The molecule has 6 heteroatoms. The molecule has 2 heterocycles. The van der Waals surface area contributed by atoms with Crippen LogP contribution in [-0.4, -0.2) is 16.2 Å². The third-order valence-corrected chi connectivity index (χ3v) is 2.84. The number of furan rings is 1. The van der Waals surface area contributed by atoms with Crippen LogP contribution in [-0.2, 0) is 6.54 Å². The molecule has 0 atom stereocenters. The molecule has 0 unspecified atom stereocenters. The number of carbonyl (C=O) groups excluding carboxylic acids is 1. The number of hydrogen-bond acceptors (Lipinski definition) is 3. The van der Waals surface area contributed by atoms with Gasteiger partial charge in [0.25, 0.3) is 0 Å². The minimum atomic E-state index is -0.280. The van der Waals surface area contributed by atoms with Gasteiger partial charge in [-0.25, -0.2) is 4.79 Å². The van der Waals surface area contributed by atoms with Crippen LogP contribution >= 0.6 is 0 Å². The van der Waals surface area contributed by atoms with E-state index in [2.05, 4.69) is 20.8 Å². The summed E-state index contributed by atoms with van der Waals surface area (Å²) in [6.07, 6.45) is 3.95. The lowest BCUT2D eigenvalue weighted by Gasteiger charge is -2.03. The number of aromatic nitrogens is 2. The van der Waals surface area contributed by atoms with Crippen molar-refractivity contribution in [2.45, 2.75) is 25.3 Å². The molecule has 0 spiro atoms. The largest absolute Gasteiger partial charge is 0.467 e. The number of carbonyl (C=O) groups is 1. The van der Waals surface area contributed by atoms with Crippen LogP contribution in [0.1, 0.15) is 30.2 Å². The molecule has 1 fully saturated rings. The molecular formula is C12H14N4O2.